The summed E-state index contributed by atoms with van der Waals surface area (Å²) in [4.78, 5) is 30.1. The minimum atomic E-state index is -0.825. The first-order valence-electron chi connectivity index (χ1n) is 10.7. The summed E-state index contributed by atoms with van der Waals surface area (Å²) in [6, 6.07) is 18.8. The second kappa shape index (κ2) is 9.23. The molecule has 1 aliphatic rings. The van der Waals surface area contributed by atoms with Gasteiger partial charge in [0, 0.05) is 31.0 Å². The molecule has 34 heavy (non-hydrogen) atoms. The van der Waals surface area contributed by atoms with Crippen molar-refractivity contribution < 1.29 is 19.4 Å². The largest absolute Gasteiger partial charge is 0.507 e. The first kappa shape index (κ1) is 23.4. The molecule has 4 rings (SSSR count). The third-order valence-corrected chi connectivity index (χ3v) is 6.33. The summed E-state index contributed by atoms with van der Waals surface area (Å²) < 4.78 is 5.26. The Balaban J connectivity index is 1.96. The molecular formula is C27H25ClN2O4. The van der Waals surface area contributed by atoms with Gasteiger partial charge in [-0.2, -0.15) is 0 Å². The molecule has 1 atom stereocenters. The molecular weight excluding hydrogens is 452 g/mol. The van der Waals surface area contributed by atoms with Gasteiger partial charge >= 0.3 is 0 Å². The number of Topliss-reactive ketones (excluding diaryl/α,β-unsaturated/α-hetero) is 1. The lowest BCUT2D eigenvalue weighted by Gasteiger charge is -2.27. The van der Waals surface area contributed by atoms with Crippen LogP contribution in [0.25, 0.3) is 5.76 Å². The average Bonchev–Trinajstić information content (AvgIpc) is 3.09. The molecule has 174 valence electrons. The van der Waals surface area contributed by atoms with Gasteiger partial charge in [-0.05, 0) is 60.5 Å². The van der Waals surface area contributed by atoms with Crippen molar-refractivity contribution >= 4 is 40.4 Å². The van der Waals surface area contributed by atoms with Crippen molar-refractivity contribution in [3.05, 3.63) is 94.0 Å². The van der Waals surface area contributed by atoms with Crippen molar-refractivity contribution in [2.24, 2.45) is 0 Å². The number of benzene rings is 3. The van der Waals surface area contributed by atoms with Crippen LogP contribution in [-0.2, 0) is 9.59 Å². The zero-order valence-electron chi connectivity index (χ0n) is 19.4. The highest BCUT2D eigenvalue weighted by Crippen LogP contribution is 2.44. The predicted molar refractivity (Wildman–Crippen MR) is 135 cm³/mol. The Hall–Kier alpha value is -3.77. The van der Waals surface area contributed by atoms with Crippen LogP contribution in [0.15, 0.2) is 72.3 Å². The van der Waals surface area contributed by atoms with Gasteiger partial charge in [-0.1, -0.05) is 35.9 Å². The molecule has 0 bridgehead atoms. The van der Waals surface area contributed by atoms with Crippen molar-refractivity contribution in [2.75, 3.05) is 31.0 Å². The van der Waals surface area contributed by atoms with E-state index in [9.17, 15) is 14.7 Å². The molecule has 1 fully saturated rings. The SMILES string of the molecule is COc1ccc(Cl)c(/C(O)=C2\C(=O)C(=O)N(c3ccc(N(C)C)cc3)C2c2ccccc2C)c1. The number of carbonyl (C=O) groups is 2. The quantitative estimate of drug-likeness (QED) is 0.305. The molecule has 1 unspecified atom stereocenters. The Labute approximate surface area is 203 Å². The minimum absolute atomic E-state index is 0.0221. The fraction of sp³-hybridized carbons (Fsp3) is 0.185. The zero-order valence-corrected chi connectivity index (χ0v) is 20.1. The van der Waals surface area contributed by atoms with Crippen molar-refractivity contribution in [1.29, 1.82) is 0 Å². The highest BCUT2D eigenvalue weighted by molar-refractivity contribution is 6.52. The van der Waals surface area contributed by atoms with E-state index in [0.717, 1.165) is 16.8 Å². The number of methoxy groups -OCH3 is 1. The molecule has 1 heterocycles. The fourth-order valence-corrected chi connectivity index (χ4v) is 4.36. The van der Waals surface area contributed by atoms with Gasteiger partial charge in [-0.25, -0.2) is 0 Å². The van der Waals surface area contributed by atoms with E-state index in [0.29, 0.717) is 11.4 Å². The number of aliphatic hydroxyl groups excluding tert-OH is 1. The molecule has 0 aliphatic carbocycles. The zero-order chi connectivity index (χ0) is 24.6. The molecule has 1 N–H and O–H groups in total. The first-order chi connectivity index (χ1) is 16.2. The number of hydrogen-bond acceptors (Lipinski definition) is 5. The number of ketones is 1. The maximum Gasteiger partial charge on any atom is 0.300 e. The summed E-state index contributed by atoms with van der Waals surface area (Å²) in [6.07, 6.45) is 0. The summed E-state index contributed by atoms with van der Waals surface area (Å²) in [5, 5.41) is 11.6. The van der Waals surface area contributed by atoms with Crippen LogP contribution in [0.3, 0.4) is 0 Å². The van der Waals surface area contributed by atoms with Crippen LogP contribution in [0.5, 0.6) is 5.75 Å². The number of rotatable bonds is 5. The van der Waals surface area contributed by atoms with Gasteiger partial charge in [0.2, 0.25) is 0 Å². The molecule has 1 amide bonds. The van der Waals surface area contributed by atoms with Crippen molar-refractivity contribution in [1.82, 2.24) is 0 Å². The van der Waals surface area contributed by atoms with Crippen LogP contribution in [-0.4, -0.2) is 38.0 Å². The summed E-state index contributed by atoms with van der Waals surface area (Å²) in [6.45, 7) is 1.91. The molecule has 0 aromatic heterocycles. The molecule has 3 aromatic carbocycles. The number of nitrogens with zero attached hydrogens (tertiary/aromatic N) is 2. The average molecular weight is 477 g/mol. The predicted octanol–water partition coefficient (Wildman–Crippen LogP) is 5.35. The number of carbonyl (C=O) groups excluding carboxylic acids is 2. The number of halogens is 1. The summed E-state index contributed by atoms with van der Waals surface area (Å²) in [5.41, 5.74) is 3.32. The standard InChI is InChI=1S/C27H25ClN2O4/c1-16-7-5-6-8-20(16)24-23(25(31)21-15-19(34-4)13-14-22(21)28)26(32)27(33)30(24)18-11-9-17(10-12-18)29(2)3/h5-15,24,31H,1-4H3/b25-23+. The van der Waals surface area contributed by atoms with Crippen LogP contribution in [0.2, 0.25) is 5.02 Å². The molecule has 0 spiro atoms. The van der Waals surface area contributed by atoms with Gasteiger partial charge in [0.05, 0.1) is 23.7 Å². The Kier molecular flexibility index (Phi) is 6.35. The van der Waals surface area contributed by atoms with Crippen molar-refractivity contribution in [3.63, 3.8) is 0 Å². The maximum atomic E-state index is 13.3. The fourth-order valence-electron chi connectivity index (χ4n) is 4.16. The van der Waals surface area contributed by atoms with Gasteiger partial charge < -0.3 is 14.7 Å². The molecule has 3 aromatic rings. The third-order valence-electron chi connectivity index (χ3n) is 6.00. The van der Waals surface area contributed by atoms with Crippen molar-refractivity contribution in [2.45, 2.75) is 13.0 Å². The normalized spacial score (nSPS) is 17.2. The summed E-state index contributed by atoms with van der Waals surface area (Å²) >= 11 is 6.37. The van der Waals surface area contributed by atoms with Crippen LogP contribution >= 0.6 is 11.6 Å². The molecule has 7 heteroatoms. The topological polar surface area (TPSA) is 70.1 Å². The third kappa shape index (κ3) is 4.01. The Morgan fingerprint density at radius 2 is 1.71 bits per heavy atom. The lowest BCUT2D eigenvalue weighted by molar-refractivity contribution is -0.132. The van der Waals surface area contributed by atoms with Crippen LogP contribution in [0.4, 0.5) is 11.4 Å². The number of ether oxygens (including phenoxy) is 1. The first-order valence-corrected chi connectivity index (χ1v) is 11.1. The van der Waals surface area contributed by atoms with E-state index in [4.69, 9.17) is 16.3 Å². The molecule has 1 aliphatic heterocycles. The number of aliphatic hydroxyl groups is 1. The van der Waals surface area contributed by atoms with Crippen LogP contribution in [0.1, 0.15) is 22.7 Å². The van der Waals surface area contributed by atoms with E-state index in [1.165, 1.54) is 12.0 Å². The maximum absolute atomic E-state index is 13.3. The van der Waals surface area contributed by atoms with E-state index in [2.05, 4.69) is 0 Å². The van der Waals surface area contributed by atoms with E-state index < -0.39 is 17.7 Å². The van der Waals surface area contributed by atoms with E-state index >= 15 is 0 Å². The van der Waals surface area contributed by atoms with E-state index in [1.54, 1.807) is 30.3 Å². The number of aryl methyl sites for hydroxylation is 1. The van der Waals surface area contributed by atoms with E-state index in [1.807, 2.05) is 62.3 Å². The van der Waals surface area contributed by atoms with Crippen molar-refractivity contribution in [3.8, 4) is 5.75 Å². The monoisotopic (exact) mass is 476 g/mol. The van der Waals surface area contributed by atoms with Crippen LogP contribution in [0, 0.1) is 6.92 Å². The number of hydrogen-bond donors (Lipinski definition) is 1. The molecule has 6 nitrogen and oxygen atoms in total. The lowest BCUT2D eigenvalue weighted by atomic mass is 9.92. The molecule has 0 radical (unpaired) electrons. The summed E-state index contributed by atoms with van der Waals surface area (Å²) in [5.74, 6) is -1.37. The minimum Gasteiger partial charge on any atom is -0.507 e. The van der Waals surface area contributed by atoms with Gasteiger partial charge in [-0.3, -0.25) is 14.5 Å². The Morgan fingerprint density at radius 3 is 2.32 bits per heavy atom. The smallest absolute Gasteiger partial charge is 0.300 e. The highest BCUT2D eigenvalue weighted by Gasteiger charge is 2.47. The molecule has 0 saturated carbocycles. The molecule has 1 saturated heterocycles. The van der Waals surface area contributed by atoms with E-state index in [-0.39, 0.29) is 21.9 Å². The highest BCUT2D eigenvalue weighted by atomic mass is 35.5. The number of amides is 1. The van der Waals surface area contributed by atoms with Crippen LogP contribution < -0.4 is 14.5 Å². The van der Waals surface area contributed by atoms with Gasteiger partial charge in [0.15, 0.2) is 0 Å². The van der Waals surface area contributed by atoms with Gasteiger partial charge in [-0.15, -0.1) is 0 Å². The second-order valence-electron chi connectivity index (χ2n) is 8.28. The Morgan fingerprint density at radius 1 is 1.03 bits per heavy atom. The lowest BCUT2D eigenvalue weighted by Crippen LogP contribution is -2.29. The Bertz CT molecular complexity index is 1300. The number of anilines is 2. The summed E-state index contributed by atoms with van der Waals surface area (Å²) in [7, 11) is 5.34. The second-order valence-corrected chi connectivity index (χ2v) is 8.69. The van der Waals surface area contributed by atoms with Gasteiger partial charge in [0.25, 0.3) is 11.7 Å². The van der Waals surface area contributed by atoms with Gasteiger partial charge in [0.1, 0.15) is 11.5 Å².